The van der Waals surface area contributed by atoms with E-state index in [1.807, 2.05) is 30.5 Å². The Morgan fingerprint density at radius 3 is 2.73 bits per heavy atom. The minimum atomic E-state index is -0.298. The number of aromatic nitrogens is 3. The van der Waals surface area contributed by atoms with Gasteiger partial charge in [-0.1, -0.05) is 30.3 Å². The lowest BCUT2D eigenvalue weighted by molar-refractivity contribution is 0.102. The Kier molecular flexibility index (Phi) is 4.20. The van der Waals surface area contributed by atoms with Gasteiger partial charge >= 0.3 is 0 Å². The maximum atomic E-state index is 12.0. The summed E-state index contributed by atoms with van der Waals surface area (Å²) in [6, 6.07) is 10.1. The average molecular weight is 310 g/mol. The topological polar surface area (TPSA) is 67.8 Å². The van der Waals surface area contributed by atoms with Crippen LogP contribution < -0.4 is 5.32 Å². The maximum Gasteiger partial charge on any atom is 0.277 e. The highest BCUT2D eigenvalue weighted by atomic mass is 32.1. The van der Waals surface area contributed by atoms with Crippen LogP contribution in [0.25, 0.3) is 0 Å². The number of anilines is 1. The van der Waals surface area contributed by atoms with Crippen LogP contribution >= 0.6 is 11.3 Å². The number of hydrogen-bond donors (Lipinski definition) is 1. The van der Waals surface area contributed by atoms with Crippen LogP contribution in [-0.4, -0.2) is 20.9 Å². The summed E-state index contributed by atoms with van der Waals surface area (Å²) >= 11 is 1.40. The maximum absolute atomic E-state index is 12.0. The molecule has 0 aliphatic rings. The van der Waals surface area contributed by atoms with Crippen LogP contribution in [0.1, 0.15) is 27.4 Å². The van der Waals surface area contributed by atoms with Gasteiger partial charge in [0.2, 0.25) is 0 Å². The molecule has 0 saturated carbocycles. The minimum Gasteiger partial charge on any atom is -0.296 e. The van der Waals surface area contributed by atoms with Gasteiger partial charge in [0.15, 0.2) is 5.13 Å². The fourth-order valence-electron chi connectivity index (χ4n) is 1.92. The van der Waals surface area contributed by atoms with Gasteiger partial charge in [-0.3, -0.25) is 15.1 Å². The van der Waals surface area contributed by atoms with E-state index in [4.69, 9.17) is 0 Å². The number of benzene rings is 1. The van der Waals surface area contributed by atoms with Crippen LogP contribution in [0.2, 0.25) is 0 Å². The van der Waals surface area contributed by atoms with Gasteiger partial charge in [0, 0.05) is 18.0 Å². The van der Waals surface area contributed by atoms with E-state index in [9.17, 15) is 4.79 Å². The molecule has 2 aromatic heterocycles. The summed E-state index contributed by atoms with van der Waals surface area (Å²) in [6.07, 6.45) is 3.78. The third-order valence-electron chi connectivity index (χ3n) is 3.01. The van der Waals surface area contributed by atoms with Crippen molar-refractivity contribution in [1.29, 1.82) is 0 Å². The Labute approximate surface area is 132 Å². The van der Waals surface area contributed by atoms with Crippen LogP contribution in [0.4, 0.5) is 5.13 Å². The van der Waals surface area contributed by atoms with E-state index in [1.165, 1.54) is 23.1 Å². The SMILES string of the molecule is Cc1cnc(C(=O)Nc2nc(Cc3ccccc3)cs2)cn1. The van der Waals surface area contributed by atoms with E-state index in [0.717, 1.165) is 17.8 Å². The Bertz CT molecular complexity index is 768. The first-order valence-corrected chi connectivity index (χ1v) is 7.67. The van der Waals surface area contributed by atoms with E-state index in [0.29, 0.717) is 5.13 Å². The zero-order valence-corrected chi connectivity index (χ0v) is 12.8. The summed E-state index contributed by atoms with van der Waals surface area (Å²) in [6.45, 7) is 1.82. The molecule has 22 heavy (non-hydrogen) atoms. The van der Waals surface area contributed by atoms with Gasteiger partial charge in [0.25, 0.3) is 5.91 Å². The Balaban J connectivity index is 1.66. The number of carbonyl (C=O) groups is 1. The molecule has 1 aromatic carbocycles. The van der Waals surface area contributed by atoms with Crippen molar-refractivity contribution in [2.24, 2.45) is 0 Å². The number of aryl methyl sites for hydroxylation is 1. The van der Waals surface area contributed by atoms with Crippen LogP contribution in [0.3, 0.4) is 0 Å². The standard InChI is InChI=1S/C16H14N4OS/c1-11-8-18-14(9-17-11)15(21)20-16-19-13(10-22-16)7-12-5-3-2-4-6-12/h2-6,8-10H,7H2,1H3,(H,19,20,21). The lowest BCUT2D eigenvalue weighted by Crippen LogP contribution is -2.14. The number of thiazole rings is 1. The van der Waals surface area contributed by atoms with Gasteiger partial charge in [-0.15, -0.1) is 11.3 Å². The molecule has 110 valence electrons. The van der Waals surface area contributed by atoms with Crippen LogP contribution in [-0.2, 0) is 6.42 Å². The van der Waals surface area contributed by atoms with Gasteiger partial charge in [-0.25, -0.2) is 9.97 Å². The normalized spacial score (nSPS) is 10.4. The van der Waals surface area contributed by atoms with Crippen molar-refractivity contribution in [3.05, 3.63) is 70.8 Å². The smallest absolute Gasteiger partial charge is 0.277 e. The molecule has 3 aromatic rings. The second kappa shape index (κ2) is 6.44. The Hall–Kier alpha value is -2.60. The summed E-state index contributed by atoms with van der Waals surface area (Å²) in [5, 5.41) is 5.27. The molecule has 0 aliphatic carbocycles. The predicted molar refractivity (Wildman–Crippen MR) is 86.1 cm³/mol. The molecule has 0 fully saturated rings. The van der Waals surface area contributed by atoms with E-state index in [-0.39, 0.29) is 11.6 Å². The molecule has 5 nitrogen and oxygen atoms in total. The highest BCUT2D eigenvalue weighted by molar-refractivity contribution is 7.14. The largest absolute Gasteiger partial charge is 0.296 e. The van der Waals surface area contributed by atoms with Gasteiger partial charge in [-0.05, 0) is 12.5 Å². The number of carbonyl (C=O) groups excluding carboxylic acids is 1. The van der Waals surface area contributed by atoms with E-state index < -0.39 is 0 Å². The lowest BCUT2D eigenvalue weighted by atomic mass is 10.1. The van der Waals surface area contributed by atoms with Crippen molar-refractivity contribution in [2.75, 3.05) is 5.32 Å². The fourth-order valence-corrected chi connectivity index (χ4v) is 2.63. The molecule has 0 saturated heterocycles. The number of nitrogens with one attached hydrogen (secondary N) is 1. The van der Waals surface area contributed by atoms with Crippen LogP contribution in [0, 0.1) is 6.92 Å². The lowest BCUT2D eigenvalue weighted by Gasteiger charge is -2.00. The zero-order chi connectivity index (χ0) is 15.4. The molecule has 2 heterocycles. The Morgan fingerprint density at radius 1 is 1.18 bits per heavy atom. The number of hydrogen-bond acceptors (Lipinski definition) is 5. The zero-order valence-electron chi connectivity index (χ0n) is 12.0. The van der Waals surface area contributed by atoms with Crippen molar-refractivity contribution in [1.82, 2.24) is 15.0 Å². The molecule has 0 aliphatic heterocycles. The summed E-state index contributed by atoms with van der Waals surface area (Å²) < 4.78 is 0. The Morgan fingerprint density at radius 2 is 2.00 bits per heavy atom. The summed E-state index contributed by atoms with van der Waals surface area (Å²) in [7, 11) is 0. The fraction of sp³-hybridized carbons (Fsp3) is 0.125. The number of rotatable bonds is 4. The first kappa shape index (κ1) is 14.3. The van der Waals surface area contributed by atoms with Crippen molar-refractivity contribution in [3.63, 3.8) is 0 Å². The van der Waals surface area contributed by atoms with Gasteiger partial charge < -0.3 is 0 Å². The first-order chi connectivity index (χ1) is 10.7. The van der Waals surface area contributed by atoms with Gasteiger partial charge in [0.1, 0.15) is 5.69 Å². The molecule has 1 N–H and O–H groups in total. The van der Waals surface area contributed by atoms with Crippen molar-refractivity contribution in [2.45, 2.75) is 13.3 Å². The van der Waals surface area contributed by atoms with Crippen LogP contribution in [0.15, 0.2) is 48.1 Å². The van der Waals surface area contributed by atoms with Crippen molar-refractivity contribution in [3.8, 4) is 0 Å². The van der Waals surface area contributed by atoms with Gasteiger partial charge in [0.05, 0.1) is 17.6 Å². The molecule has 3 rings (SSSR count). The average Bonchev–Trinajstić information content (AvgIpc) is 2.96. The minimum absolute atomic E-state index is 0.283. The quantitative estimate of drug-likeness (QED) is 0.804. The molecular formula is C16H14N4OS. The molecule has 1 amide bonds. The van der Waals surface area contributed by atoms with Crippen molar-refractivity contribution >= 4 is 22.4 Å². The van der Waals surface area contributed by atoms with E-state index in [2.05, 4.69) is 32.4 Å². The number of nitrogens with zero attached hydrogens (tertiary/aromatic N) is 3. The monoisotopic (exact) mass is 310 g/mol. The molecule has 0 atom stereocenters. The number of amides is 1. The highest BCUT2D eigenvalue weighted by Gasteiger charge is 2.10. The summed E-state index contributed by atoms with van der Waals surface area (Å²) in [5.41, 5.74) is 3.18. The first-order valence-electron chi connectivity index (χ1n) is 6.79. The third-order valence-corrected chi connectivity index (χ3v) is 3.82. The molecule has 0 radical (unpaired) electrons. The molecular weight excluding hydrogens is 296 g/mol. The third kappa shape index (κ3) is 3.53. The molecule has 0 unspecified atom stereocenters. The predicted octanol–water partition coefficient (Wildman–Crippen LogP) is 3.08. The summed E-state index contributed by atoms with van der Waals surface area (Å²) in [5.74, 6) is -0.298. The molecule has 0 spiro atoms. The van der Waals surface area contributed by atoms with Crippen LogP contribution in [0.5, 0.6) is 0 Å². The second-order valence-corrected chi connectivity index (χ2v) is 5.66. The summed E-state index contributed by atoms with van der Waals surface area (Å²) in [4.78, 5) is 24.6. The molecule has 0 bridgehead atoms. The molecule has 6 heteroatoms. The van der Waals surface area contributed by atoms with E-state index in [1.54, 1.807) is 6.20 Å². The van der Waals surface area contributed by atoms with Gasteiger partial charge in [-0.2, -0.15) is 0 Å². The van der Waals surface area contributed by atoms with Crippen molar-refractivity contribution < 1.29 is 4.79 Å². The second-order valence-electron chi connectivity index (χ2n) is 4.80. The highest BCUT2D eigenvalue weighted by Crippen LogP contribution is 2.18. The van der Waals surface area contributed by atoms with E-state index >= 15 is 0 Å².